The van der Waals surface area contributed by atoms with Gasteiger partial charge >= 0.3 is 5.97 Å². The molecule has 0 fully saturated rings. The van der Waals surface area contributed by atoms with E-state index in [1.165, 1.54) is 0 Å². The second-order valence-electron chi connectivity index (χ2n) is 5.41. The number of carbonyl (C=O) groups is 1. The van der Waals surface area contributed by atoms with E-state index in [9.17, 15) is 9.90 Å². The van der Waals surface area contributed by atoms with Crippen LogP contribution in [0.15, 0.2) is 30.5 Å². The molecular weight excluding hydrogens is 280 g/mol. The fourth-order valence-electron chi connectivity index (χ4n) is 2.42. The van der Waals surface area contributed by atoms with Crippen molar-refractivity contribution in [3.63, 3.8) is 0 Å². The van der Waals surface area contributed by atoms with Gasteiger partial charge in [-0.05, 0) is 25.0 Å². The highest BCUT2D eigenvalue weighted by Crippen LogP contribution is 2.27. The van der Waals surface area contributed by atoms with Gasteiger partial charge in [0.15, 0.2) is 0 Å². The first-order chi connectivity index (χ1) is 10.7. The molecule has 0 saturated carbocycles. The number of para-hydroxylation sites is 1. The van der Waals surface area contributed by atoms with Crippen molar-refractivity contribution in [1.29, 1.82) is 0 Å². The monoisotopic (exact) mass is 302 g/mol. The van der Waals surface area contributed by atoms with Crippen molar-refractivity contribution in [2.24, 2.45) is 0 Å². The first-order valence-electron chi connectivity index (χ1n) is 7.71. The van der Waals surface area contributed by atoms with E-state index in [1.54, 1.807) is 12.1 Å². The van der Waals surface area contributed by atoms with Crippen LogP contribution < -0.4 is 0 Å². The molecule has 0 bridgehead atoms. The number of aromatic nitrogens is 2. The molecule has 1 heterocycles. The Kier molecular flexibility index (Phi) is 6.01. The SMILES string of the molecule is O=C(O)CCCCCCCc1nc(-c2ccccc2O)c[nH]1. The first-order valence-corrected chi connectivity index (χ1v) is 7.71. The molecule has 1 aromatic heterocycles. The molecule has 0 amide bonds. The Morgan fingerprint density at radius 1 is 1.09 bits per heavy atom. The van der Waals surface area contributed by atoms with E-state index >= 15 is 0 Å². The number of aliphatic carboxylic acids is 1. The van der Waals surface area contributed by atoms with Crippen LogP contribution in [0.3, 0.4) is 0 Å². The predicted molar refractivity (Wildman–Crippen MR) is 84.7 cm³/mol. The number of nitrogens with zero attached hydrogens (tertiary/aromatic N) is 1. The van der Waals surface area contributed by atoms with Crippen LogP contribution in [0.2, 0.25) is 0 Å². The Hall–Kier alpha value is -2.30. The zero-order valence-corrected chi connectivity index (χ0v) is 12.6. The summed E-state index contributed by atoms with van der Waals surface area (Å²) in [5.74, 6) is 0.440. The van der Waals surface area contributed by atoms with Gasteiger partial charge in [-0.15, -0.1) is 0 Å². The molecule has 0 unspecified atom stereocenters. The second kappa shape index (κ2) is 8.22. The van der Waals surface area contributed by atoms with Crippen molar-refractivity contribution in [2.45, 2.75) is 44.9 Å². The molecular formula is C17H22N2O3. The molecule has 0 aliphatic rings. The van der Waals surface area contributed by atoms with Crippen LogP contribution in [0, 0.1) is 0 Å². The molecule has 5 nitrogen and oxygen atoms in total. The Labute approximate surface area is 130 Å². The average molecular weight is 302 g/mol. The summed E-state index contributed by atoms with van der Waals surface area (Å²) in [5, 5.41) is 18.4. The molecule has 0 spiro atoms. The number of carboxylic acid groups (broad SMARTS) is 1. The van der Waals surface area contributed by atoms with E-state index in [2.05, 4.69) is 9.97 Å². The number of carboxylic acids is 1. The van der Waals surface area contributed by atoms with E-state index < -0.39 is 5.97 Å². The number of nitrogens with one attached hydrogen (secondary N) is 1. The molecule has 2 aromatic rings. The lowest BCUT2D eigenvalue weighted by Crippen LogP contribution is -1.94. The molecule has 2 rings (SSSR count). The number of aryl methyl sites for hydroxylation is 1. The van der Waals surface area contributed by atoms with Crippen LogP contribution in [-0.4, -0.2) is 26.2 Å². The van der Waals surface area contributed by atoms with Gasteiger partial charge in [-0.3, -0.25) is 4.79 Å². The molecule has 0 aliphatic heterocycles. The van der Waals surface area contributed by atoms with Gasteiger partial charge in [-0.25, -0.2) is 4.98 Å². The van der Waals surface area contributed by atoms with Crippen molar-refractivity contribution in [3.8, 4) is 17.0 Å². The zero-order chi connectivity index (χ0) is 15.8. The number of phenolic OH excluding ortho intramolecular Hbond substituents is 1. The van der Waals surface area contributed by atoms with Crippen LogP contribution in [0.1, 0.15) is 44.3 Å². The molecule has 0 radical (unpaired) electrons. The first kappa shape index (κ1) is 16.1. The highest BCUT2D eigenvalue weighted by Gasteiger charge is 2.07. The van der Waals surface area contributed by atoms with E-state index in [-0.39, 0.29) is 12.2 Å². The number of aromatic amines is 1. The number of phenols is 1. The minimum atomic E-state index is -0.715. The number of unbranched alkanes of at least 4 members (excludes halogenated alkanes) is 4. The summed E-state index contributed by atoms with van der Waals surface area (Å²) in [7, 11) is 0. The Morgan fingerprint density at radius 3 is 2.59 bits per heavy atom. The Balaban J connectivity index is 1.72. The number of benzene rings is 1. The summed E-state index contributed by atoms with van der Waals surface area (Å²) in [6, 6.07) is 7.16. The maximum atomic E-state index is 10.4. The third-order valence-electron chi connectivity index (χ3n) is 3.62. The second-order valence-corrected chi connectivity index (χ2v) is 5.41. The van der Waals surface area contributed by atoms with E-state index in [1.807, 2.05) is 18.3 Å². The number of hydrogen-bond donors (Lipinski definition) is 3. The predicted octanol–water partition coefficient (Wildman–Crippen LogP) is 3.75. The lowest BCUT2D eigenvalue weighted by molar-refractivity contribution is -0.137. The van der Waals surface area contributed by atoms with E-state index in [0.29, 0.717) is 0 Å². The normalized spacial score (nSPS) is 10.7. The highest BCUT2D eigenvalue weighted by atomic mass is 16.4. The van der Waals surface area contributed by atoms with Crippen molar-refractivity contribution in [1.82, 2.24) is 9.97 Å². The van der Waals surface area contributed by atoms with Crippen LogP contribution in [-0.2, 0) is 11.2 Å². The van der Waals surface area contributed by atoms with Crippen molar-refractivity contribution < 1.29 is 15.0 Å². The summed E-state index contributed by atoms with van der Waals surface area (Å²) < 4.78 is 0. The van der Waals surface area contributed by atoms with Gasteiger partial charge in [0.25, 0.3) is 0 Å². The van der Waals surface area contributed by atoms with Crippen molar-refractivity contribution in [2.75, 3.05) is 0 Å². The summed E-state index contributed by atoms with van der Waals surface area (Å²) in [5.41, 5.74) is 1.49. The number of rotatable bonds is 9. The van der Waals surface area contributed by atoms with Crippen LogP contribution in [0.5, 0.6) is 5.75 Å². The van der Waals surface area contributed by atoms with Gasteiger partial charge in [0.05, 0.1) is 5.69 Å². The fraction of sp³-hybridized carbons (Fsp3) is 0.412. The number of aromatic hydroxyl groups is 1. The van der Waals surface area contributed by atoms with Crippen molar-refractivity contribution in [3.05, 3.63) is 36.3 Å². The summed E-state index contributed by atoms with van der Waals surface area (Å²) in [6.45, 7) is 0. The van der Waals surface area contributed by atoms with E-state index in [0.717, 1.165) is 55.6 Å². The van der Waals surface area contributed by atoms with Crippen LogP contribution >= 0.6 is 0 Å². The molecule has 0 saturated heterocycles. The Bertz CT molecular complexity index is 607. The minimum Gasteiger partial charge on any atom is -0.507 e. The lowest BCUT2D eigenvalue weighted by Gasteiger charge is -2.00. The number of H-pyrrole nitrogens is 1. The standard InChI is InChI=1S/C17H22N2O3/c20-15-9-7-6-8-13(15)14-12-18-16(19-14)10-4-2-1-3-5-11-17(21)22/h6-9,12,20H,1-5,10-11H2,(H,18,19)(H,21,22). The molecule has 5 heteroatoms. The average Bonchev–Trinajstić information content (AvgIpc) is 2.95. The van der Waals surface area contributed by atoms with Crippen LogP contribution in [0.4, 0.5) is 0 Å². The van der Waals surface area contributed by atoms with Gasteiger partial charge in [0, 0.05) is 24.6 Å². The van der Waals surface area contributed by atoms with Gasteiger partial charge < -0.3 is 15.2 Å². The molecule has 3 N–H and O–H groups in total. The number of imidazole rings is 1. The summed E-state index contributed by atoms with van der Waals surface area (Å²) in [6.07, 6.45) is 7.83. The maximum absolute atomic E-state index is 10.4. The summed E-state index contributed by atoms with van der Waals surface area (Å²) in [4.78, 5) is 18.0. The maximum Gasteiger partial charge on any atom is 0.303 e. The molecule has 0 aliphatic carbocycles. The highest BCUT2D eigenvalue weighted by molar-refractivity contribution is 5.66. The Morgan fingerprint density at radius 2 is 1.82 bits per heavy atom. The molecule has 1 aromatic carbocycles. The fourth-order valence-corrected chi connectivity index (χ4v) is 2.42. The summed E-state index contributed by atoms with van der Waals surface area (Å²) >= 11 is 0. The van der Waals surface area contributed by atoms with Gasteiger partial charge in [0.1, 0.15) is 11.6 Å². The minimum absolute atomic E-state index is 0.235. The largest absolute Gasteiger partial charge is 0.507 e. The third-order valence-corrected chi connectivity index (χ3v) is 3.62. The van der Waals surface area contributed by atoms with E-state index in [4.69, 9.17) is 5.11 Å². The quantitative estimate of drug-likeness (QED) is 0.616. The van der Waals surface area contributed by atoms with Gasteiger partial charge in [-0.1, -0.05) is 31.4 Å². The van der Waals surface area contributed by atoms with Gasteiger partial charge in [0.2, 0.25) is 0 Å². The molecule has 118 valence electrons. The van der Waals surface area contributed by atoms with Gasteiger partial charge in [-0.2, -0.15) is 0 Å². The van der Waals surface area contributed by atoms with Crippen LogP contribution in [0.25, 0.3) is 11.3 Å². The molecule has 22 heavy (non-hydrogen) atoms. The smallest absolute Gasteiger partial charge is 0.303 e. The molecule has 0 atom stereocenters. The number of hydrogen-bond acceptors (Lipinski definition) is 3. The van der Waals surface area contributed by atoms with Crippen molar-refractivity contribution >= 4 is 5.97 Å². The lowest BCUT2D eigenvalue weighted by atomic mass is 10.1. The topological polar surface area (TPSA) is 86.2 Å². The zero-order valence-electron chi connectivity index (χ0n) is 12.6. The third kappa shape index (κ3) is 4.91.